The molecule has 0 saturated carbocycles. The van der Waals surface area contributed by atoms with Crippen molar-refractivity contribution in [2.75, 3.05) is 5.73 Å². The average molecular weight is 361 g/mol. The Kier molecular flexibility index (Phi) is 3.91. The van der Waals surface area contributed by atoms with Gasteiger partial charge in [-0.25, -0.2) is 4.98 Å². The molecule has 3 heteroatoms. The van der Waals surface area contributed by atoms with E-state index < -0.39 is 0 Å². The van der Waals surface area contributed by atoms with E-state index in [0.717, 1.165) is 39.3 Å². The van der Waals surface area contributed by atoms with Crippen LogP contribution in [-0.2, 0) is 0 Å². The van der Waals surface area contributed by atoms with E-state index in [1.807, 2.05) is 36.4 Å². The molecule has 3 aromatic carbocycles. The van der Waals surface area contributed by atoms with Gasteiger partial charge in [-0.3, -0.25) is 0 Å². The molecule has 5 aromatic rings. The highest BCUT2D eigenvalue weighted by Gasteiger charge is 2.12. The normalized spacial score (nSPS) is 11.0. The molecule has 0 unspecified atom stereocenters. The summed E-state index contributed by atoms with van der Waals surface area (Å²) < 4.78 is 2.12. The van der Waals surface area contributed by atoms with Crippen molar-refractivity contribution in [3.63, 3.8) is 0 Å². The van der Waals surface area contributed by atoms with Crippen LogP contribution in [0.3, 0.4) is 0 Å². The zero-order valence-corrected chi connectivity index (χ0v) is 15.3. The Balaban J connectivity index is 1.75. The number of nitrogens with two attached hydrogens (primary N) is 1. The lowest BCUT2D eigenvalue weighted by Gasteiger charge is -2.09. The SMILES string of the molecule is Nc1ccc(-c2cn3cc(-c4ccccc4)cc(-c4ccccc4)c3n2)cc1. The topological polar surface area (TPSA) is 43.3 Å². The smallest absolute Gasteiger partial charge is 0.145 e. The van der Waals surface area contributed by atoms with Gasteiger partial charge in [0.1, 0.15) is 5.65 Å². The molecule has 0 atom stereocenters. The van der Waals surface area contributed by atoms with Crippen LogP contribution in [0.2, 0.25) is 0 Å². The summed E-state index contributed by atoms with van der Waals surface area (Å²) in [6.07, 6.45) is 4.23. The Labute approximate surface area is 163 Å². The van der Waals surface area contributed by atoms with E-state index >= 15 is 0 Å². The second-order valence-corrected chi connectivity index (χ2v) is 6.85. The second-order valence-electron chi connectivity index (χ2n) is 6.85. The van der Waals surface area contributed by atoms with Gasteiger partial charge >= 0.3 is 0 Å². The third-order valence-electron chi connectivity index (χ3n) is 4.95. The van der Waals surface area contributed by atoms with E-state index in [0.29, 0.717) is 0 Å². The molecular weight excluding hydrogens is 342 g/mol. The number of aromatic nitrogens is 2. The summed E-state index contributed by atoms with van der Waals surface area (Å²) in [6.45, 7) is 0. The number of imidazole rings is 1. The maximum Gasteiger partial charge on any atom is 0.145 e. The van der Waals surface area contributed by atoms with Gasteiger partial charge in [-0.05, 0) is 34.9 Å². The van der Waals surface area contributed by atoms with Gasteiger partial charge in [0.15, 0.2) is 0 Å². The molecule has 0 radical (unpaired) electrons. The predicted molar refractivity (Wildman–Crippen MR) is 116 cm³/mol. The first kappa shape index (κ1) is 16.3. The third-order valence-corrected chi connectivity index (χ3v) is 4.95. The Bertz CT molecular complexity index is 1240. The number of nitrogen functional groups attached to an aromatic ring is 1. The molecule has 5 rings (SSSR count). The number of benzene rings is 3. The molecule has 3 nitrogen and oxygen atoms in total. The summed E-state index contributed by atoms with van der Waals surface area (Å²) in [6, 6.07) is 30.9. The molecule has 0 spiro atoms. The van der Waals surface area contributed by atoms with Crippen molar-refractivity contribution < 1.29 is 0 Å². The van der Waals surface area contributed by atoms with E-state index in [4.69, 9.17) is 10.7 Å². The minimum absolute atomic E-state index is 0.754. The van der Waals surface area contributed by atoms with Crippen LogP contribution in [0.1, 0.15) is 0 Å². The molecule has 0 bridgehead atoms. The highest BCUT2D eigenvalue weighted by molar-refractivity contribution is 5.84. The van der Waals surface area contributed by atoms with Gasteiger partial charge in [0.05, 0.1) is 5.69 Å². The maximum atomic E-state index is 5.84. The first-order valence-corrected chi connectivity index (χ1v) is 9.27. The second kappa shape index (κ2) is 6.71. The number of anilines is 1. The third kappa shape index (κ3) is 2.93. The van der Waals surface area contributed by atoms with Gasteiger partial charge in [-0.15, -0.1) is 0 Å². The Morgan fingerprint density at radius 1 is 0.607 bits per heavy atom. The van der Waals surface area contributed by atoms with Crippen molar-refractivity contribution in [1.29, 1.82) is 0 Å². The average Bonchev–Trinajstić information content (AvgIpc) is 3.19. The lowest BCUT2D eigenvalue weighted by atomic mass is 10.0. The number of rotatable bonds is 3. The molecule has 28 heavy (non-hydrogen) atoms. The van der Waals surface area contributed by atoms with Crippen LogP contribution >= 0.6 is 0 Å². The summed E-state index contributed by atoms with van der Waals surface area (Å²) >= 11 is 0. The van der Waals surface area contributed by atoms with Crippen molar-refractivity contribution >= 4 is 11.3 Å². The van der Waals surface area contributed by atoms with E-state index in [1.165, 1.54) is 5.56 Å². The fourth-order valence-corrected chi connectivity index (χ4v) is 3.51. The number of nitrogens with zero attached hydrogens (tertiary/aromatic N) is 2. The number of hydrogen-bond acceptors (Lipinski definition) is 2. The van der Waals surface area contributed by atoms with Gasteiger partial charge in [-0.2, -0.15) is 0 Å². The molecule has 0 aliphatic carbocycles. The van der Waals surface area contributed by atoms with Crippen LogP contribution in [0.4, 0.5) is 5.69 Å². The van der Waals surface area contributed by atoms with Crippen LogP contribution in [-0.4, -0.2) is 9.38 Å². The minimum Gasteiger partial charge on any atom is -0.399 e. The quantitative estimate of drug-likeness (QED) is 0.406. The van der Waals surface area contributed by atoms with Crippen molar-refractivity contribution in [1.82, 2.24) is 9.38 Å². The lowest BCUT2D eigenvalue weighted by molar-refractivity contribution is 1.19. The van der Waals surface area contributed by atoms with Crippen LogP contribution < -0.4 is 5.73 Å². The Morgan fingerprint density at radius 2 is 1.25 bits per heavy atom. The molecule has 2 heterocycles. The molecule has 0 saturated heterocycles. The summed E-state index contributed by atoms with van der Waals surface area (Å²) in [5.41, 5.74) is 14.1. The largest absolute Gasteiger partial charge is 0.399 e. The standard InChI is InChI=1S/C25H19N3/c26-22-13-11-20(12-14-22)24-17-28-16-21(18-7-3-1-4-8-18)15-23(25(28)27-24)19-9-5-2-6-10-19/h1-17H,26H2. The monoisotopic (exact) mass is 361 g/mol. The van der Waals surface area contributed by atoms with Crippen molar-refractivity contribution in [2.24, 2.45) is 0 Å². The van der Waals surface area contributed by atoms with Crippen LogP contribution in [0.25, 0.3) is 39.2 Å². The first-order valence-electron chi connectivity index (χ1n) is 9.27. The molecule has 134 valence electrons. The van der Waals surface area contributed by atoms with Gasteiger partial charge in [0.25, 0.3) is 0 Å². The van der Waals surface area contributed by atoms with Crippen molar-refractivity contribution in [3.8, 4) is 33.5 Å². The van der Waals surface area contributed by atoms with Crippen LogP contribution in [0, 0.1) is 0 Å². The number of pyridine rings is 1. The van der Waals surface area contributed by atoms with Crippen LogP contribution in [0.5, 0.6) is 0 Å². The lowest BCUT2D eigenvalue weighted by Crippen LogP contribution is -1.90. The first-order chi connectivity index (χ1) is 13.8. The molecule has 0 fully saturated rings. The molecule has 2 N–H and O–H groups in total. The summed E-state index contributed by atoms with van der Waals surface area (Å²) in [4.78, 5) is 4.95. The van der Waals surface area contributed by atoms with E-state index in [-0.39, 0.29) is 0 Å². The molecule has 0 amide bonds. The molecule has 2 aromatic heterocycles. The highest BCUT2D eigenvalue weighted by atomic mass is 15.0. The van der Waals surface area contributed by atoms with Gasteiger partial charge in [-0.1, -0.05) is 72.8 Å². The zero-order valence-electron chi connectivity index (χ0n) is 15.3. The molecule has 0 aliphatic heterocycles. The zero-order chi connectivity index (χ0) is 18.9. The predicted octanol–water partition coefficient (Wildman–Crippen LogP) is 5.92. The fourth-order valence-electron chi connectivity index (χ4n) is 3.51. The number of hydrogen-bond donors (Lipinski definition) is 1. The van der Waals surface area contributed by atoms with Crippen molar-refractivity contribution in [3.05, 3.63) is 103 Å². The Hall–Kier alpha value is -3.85. The molecule has 0 aliphatic rings. The van der Waals surface area contributed by atoms with E-state index in [1.54, 1.807) is 0 Å². The minimum atomic E-state index is 0.754. The van der Waals surface area contributed by atoms with E-state index in [2.05, 4.69) is 71.4 Å². The van der Waals surface area contributed by atoms with Gasteiger partial charge in [0.2, 0.25) is 0 Å². The van der Waals surface area contributed by atoms with Crippen LogP contribution in [0.15, 0.2) is 103 Å². The van der Waals surface area contributed by atoms with Gasteiger partial charge < -0.3 is 10.1 Å². The summed E-state index contributed by atoms with van der Waals surface area (Å²) in [5, 5.41) is 0. The molecular formula is C25H19N3. The van der Waals surface area contributed by atoms with Gasteiger partial charge in [0, 0.05) is 29.2 Å². The highest BCUT2D eigenvalue weighted by Crippen LogP contribution is 2.32. The maximum absolute atomic E-state index is 5.84. The van der Waals surface area contributed by atoms with E-state index in [9.17, 15) is 0 Å². The summed E-state index contributed by atoms with van der Waals surface area (Å²) in [7, 11) is 0. The summed E-state index contributed by atoms with van der Waals surface area (Å²) in [5.74, 6) is 0. The Morgan fingerprint density at radius 3 is 1.93 bits per heavy atom. The van der Waals surface area contributed by atoms with Crippen molar-refractivity contribution in [2.45, 2.75) is 0 Å². The number of fused-ring (bicyclic) bond motifs is 1. The fraction of sp³-hybridized carbons (Fsp3) is 0.